The Labute approximate surface area is 115 Å². The molecule has 0 saturated heterocycles. The van der Waals surface area contributed by atoms with Gasteiger partial charge in [0.2, 0.25) is 0 Å². The van der Waals surface area contributed by atoms with Crippen LogP contribution in [0.4, 0.5) is 5.69 Å². The van der Waals surface area contributed by atoms with Gasteiger partial charge in [-0.3, -0.25) is 0 Å². The fourth-order valence-corrected chi connectivity index (χ4v) is 2.16. The average molecular weight is 254 g/mol. The smallest absolute Gasteiger partial charge is 0.0314 e. The first kappa shape index (κ1) is 13.6. The molecule has 0 fully saturated rings. The lowest BCUT2D eigenvalue weighted by molar-refractivity contribution is 0.685. The molecule has 0 unspecified atom stereocenters. The Balaban J connectivity index is 1.80. The van der Waals surface area contributed by atoms with Crippen LogP contribution in [-0.4, -0.2) is 6.54 Å². The zero-order valence-electron chi connectivity index (χ0n) is 11.7. The molecule has 19 heavy (non-hydrogen) atoms. The molecule has 0 aromatic heterocycles. The summed E-state index contributed by atoms with van der Waals surface area (Å²) in [6.07, 6.45) is 1.07. The minimum atomic E-state index is 0.819. The molecule has 2 aromatic rings. The molecular formula is C17H22N2. The highest BCUT2D eigenvalue weighted by atomic mass is 14.8. The third-order valence-electron chi connectivity index (χ3n) is 3.38. The van der Waals surface area contributed by atoms with E-state index in [1.807, 2.05) is 12.1 Å². The van der Waals surface area contributed by atoms with E-state index in [1.165, 1.54) is 22.3 Å². The van der Waals surface area contributed by atoms with Crippen molar-refractivity contribution < 1.29 is 0 Å². The van der Waals surface area contributed by atoms with Crippen LogP contribution in [0.15, 0.2) is 42.5 Å². The predicted octanol–water partition coefficient (Wildman–Crippen LogP) is 3.22. The third kappa shape index (κ3) is 4.11. The Morgan fingerprint density at radius 3 is 2.47 bits per heavy atom. The molecule has 0 heterocycles. The molecule has 0 radical (unpaired) electrons. The Kier molecular flexibility index (Phi) is 4.58. The molecule has 0 atom stereocenters. The second-order valence-corrected chi connectivity index (χ2v) is 5.10. The lowest BCUT2D eigenvalue weighted by Gasteiger charge is -2.08. The lowest BCUT2D eigenvalue weighted by atomic mass is 10.0. The molecule has 0 amide bonds. The molecular weight excluding hydrogens is 232 g/mol. The maximum atomic E-state index is 5.67. The first-order valence-electron chi connectivity index (χ1n) is 6.76. The number of nitrogen functional groups attached to an aromatic ring is 1. The van der Waals surface area contributed by atoms with E-state index >= 15 is 0 Å². The Hall–Kier alpha value is -1.80. The summed E-state index contributed by atoms with van der Waals surface area (Å²) in [4.78, 5) is 0. The molecule has 2 nitrogen and oxygen atoms in total. The summed E-state index contributed by atoms with van der Waals surface area (Å²) < 4.78 is 0. The topological polar surface area (TPSA) is 38.0 Å². The van der Waals surface area contributed by atoms with E-state index < -0.39 is 0 Å². The van der Waals surface area contributed by atoms with Gasteiger partial charge in [-0.15, -0.1) is 0 Å². The van der Waals surface area contributed by atoms with E-state index in [0.29, 0.717) is 0 Å². The average Bonchev–Trinajstić information content (AvgIpc) is 2.40. The van der Waals surface area contributed by atoms with E-state index in [9.17, 15) is 0 Å². The van der Waals surface area contributed by atoms with E-state index in [2.05, 4.69) is 49.5 Å². The molecule has 0 spiro atoms. The van der Waals surface area contributed by atoms with E-state index in [0.717, 1.165) is 25.2 Å². The van der Waals surface area contributed by atoms with Gasteiger partial charge in [-0.2, -0.15) is 0 Å². The van der Waals surface area contributed by atoms with Crippen LogP contribution >= 0.6 is 0 Å². The van der Waals surface area contributed by atoms with Crippen LogP contribution in [0, 0.1) is 13.8 Å². The Morgan fingerprint density at radius 2 is 1.74 bits per heavy atom. The van der Waals surface area contributed by atoms with E-state index in [4.69, 9.17) is 5.73 Å². The second kappa shape index (κ2) is 6.39. The van der Waals surface area contributed by atoms with Crippen LogP contribution in [-0.2, 0) is 13.0 Å². The molecule has 0 aliphatic carbocycles. The summed E-state index contributed by atoms with van der Waals surface area (Å²) in [6.45, 7) is 6.21. The van der Waals surface area contributed by atoms with Crippen molar-refractivity contribution in [3.05, 3.63) is 64.7 Å². The van der Waals surface area contributed by atoms with Crippen molar-refractivity contribution in [2.45, 2.75) is 26.8 Å². The summed E-state index contributed by atoms with van der Waals surface area (Å²) in [5.74, 6) is 0. The largest absolute Gasteiger partial charge is 0.399 e. The van der Waals surface area contributed by atoms with Gasteiger partial charge >= 0.3 is 0 Å². The predicted molar refractivity (Wildman–Crippen MR) is 82.2 cm³/mol. The van der Waals surface area contributed by atoms with Gasteiger partial charge in [-0.1, -0.05) is 35.9 Å². The number of nitrogens with two attached hydrogens (primary N) is 1. The molecule has 2 rings (SSSR count). The van der Waals surface area contributed by atoms with Crippen LogP contribution in [0.2, 0.25) is 0 Å². The van der Waals surface area contributed by atoms with E-state index in [1.54, 1.807) is 0 Å². The zero-order chi connectivity index (χ0) is 13.7. The summed E-state index contributed by atoms with van der Waals surface area (Å²) in [5, 5.41) is 3.48. The van der Waals surface area contributed by atoms with Gasteiger partial charge in [-0.25, -0.2) is 0 Å². The highest BCUT2D eigenvalue weighted by Crippen LogP contribution is 2.11. The third-order valence-corrected chi connectivity index (χ3v) is 3.38. The van der Waals surface area contributed by atoms with Gasteiger partial charge < -0.3 is 11.1 Å². The van der Waals surface area contributed by atoms with Crippen molar-refractivity contribution in [3.8, 4) is 0 Å². The first-order chi connectivity index (χ1) is 9.15. The molecule has 0 saturated carbocycles. The van der Waals surface area contributed by atoms with Gasteiger partial charge in [0.15, 0.2) is 0 Å². The molecule has 0 aliphatic heterocycles. The minimum absolute atomic E-state index is 0.819. The molecule has 2 heteroatoms. The number of aryl methyl sites for hydroxylation is 2. The molecule has 3 N–H and O–H groups in total. The monoisotopic (exact) mass is 254 g/mol. The normalized spacial score (nSPS) is 10.6. The van der Waals surface area contributed by atoms with Crippen molar-refractivity contribution in [2.75, 3.05) is 12.3 Å². The lowest BCUT2D eigenvalue weighted by Crippen LogP contribution is -2.17. The van der Waals surface area contributed by atoms with Crippen LogP contribution < -0.4 is 11.1 Å². The number of rotatable bonds is 5. The fraction of sp³-hybridized carbons (Fsp3) is 0.294. The molecule has 0 bridgehead atoms. The van der Waals surface area contributed by atoms with Crippen LogP contribution in [0.3, 0.4) is 0 Å². The van der Waals surface area contributed by atoms with Crippen molar-refractivity contribution in [1.29, 1.82) is 0 Å². The summed E-state index contributed by atoms with van der Waals surface area (Å²) in [7, 11) is 0. The molecule has 0 aliphatic rings. The second-order valence-electron chi connectivity index (χ2n) is 5.10. The van der Waals surface area contributed by atoms with Crippen LogP contribution in [0.1, 0.15) is 22.3 Å². The number of anilines is 1. The van der Waals surface area contributed by atoms with Gasteiger partial charge in [0.05, 0.1) is 0 Å². The maximum Gasteiger partial charge on any atom is 0.0314 e. The standard InChI is InChI=1S/C17H22N2/c1-13-3-4-14(2)16(11-13)9-10-19-12-15-5-7-17(18)8-6-15/h3-8,11,19H,9-10,12,18H2,1-2H3. The Morgan fingerprint density at radius 1 is 1.00 bits per heavy atom. The van der Waals surface area contributed by atoms with Gasteiger partial charge in [0.25, 0.3) is 0 Å². The number of hydrogen-bond acceptors (Lipinski definition) is 2. The first-order valence-corrected chi connectivity index (χ1v) is 6.76. The number of nitrogens with one attached hydrogen (secondary N) is 1. The SMILES string of the molecule is Cc1ccc(C)c(CCNCc2ccc(N)cc2)c1. The summed E-state index contributed by atoms with van der Waals surface area (Å²) in [5.41, 5.74) is 11.9. The number of hydrogen-bond donors (Lipinski definition) is 2. The molecule has 100 valence electrons. The van der Waals surface area contributed by atoms with Crippen molar-refractivity contribution >= 4 is 5.69 Å². The number of benzene rings is 2. The molecule has 2 aromatic carbocycles. The van der Waals surface area contributed by atoms with Gasteiger partial charge in [0.1, 0.15) is 0 Å². The fourth-order valence-electron chi connectivity index (χ4n) is 2.16. The van der Waals surface area contributed by atoms with Crippen LogP contribution in [0.25, 0.3) is 0 Å². The Bertz CT molecular complexity index is 529. The zero-order valence-corrected chi connectivity index (χ0v) is 11.7. The van der Waals surface area contributed by atoms with Crippen molar-refractivity contribution in [1.82, 2.24) is 5.32 Å². The summed E-state index contributed by atoms with van der Waals surface area (Å²) in [6, 6.07) is 14.7. The van der Waals surface area contributed by atoms with E-state index in [-0.39, 0.29) is 0 Å². The highest BCUT2D eigenvalue weighted by molar-refractivity contribution is 5.39. The maximum absolute atomic E-state index is 5.67. The highest BCUT2D eigenvalue weighted by Gasteiger charge is 1.99. The van der Waals surface area contributed by atoms with Crippen LogP contribution in [0.5, 0.6) is 0 Å². The minimum Gasteiger partial charge on any atom is -0.399 e. The van der Waals surface area contributed by atoms with Gasteiger partial charge in [-0.05, 0) is 55.6 Å². The van der Waals surface area contributed by atoms with Crippen molar-refractivity contribution in [2.24, 2.45) is 0 Å². The summed E-state index contributed by atoms with van der Waals surface area (Å²) >= 11 is 0. The van der Waals surface area contributed by atoms with Gasteiger partial charge in [0, 0.05) is 12.2 Å². The van der Waals surface area contributed by atoms with Crippen molar-refractivity contribution in [3.63, 3.8) is 0 Å². The quantitative estimate of drug-likeness (QED) is 0.635.